The van der Waals surface area contributed by atoms with Crippen molar-refractivity contribution in [3.63, 3.8) is 0 Å². The van der Waals surface area contributed by atoms with Crippen molar-refractivity contribution in [2.75, 3.05) is 20.3 Å². The minimum absolute atomic E-state index is 0. The van der Waals surface area contributed by atoms with Gasteiger partial charge < -0.3 is 23.9 Å². The Morgan fingerprint density at radius 2 is 1.95 bits per heavy atom. The van der Waals surface area contributed by atoms with Gasteiger partial charge >= 0.3 is 5.97 Å². The third-order valence-corrected chi connectivity index (χ3v) is 12.0. The maximum atomic E-state index is 14.2. The molecule has 0 saturated carbocycles. The van der Waals surface area contributed by atoms with E-state index in [-0.39, 0.29) is 77.4 Å². The number of ether oxygens (including phenoxy) is 2. The molecule has 1 aromatic carbocycles. The molecule has 5 aromatic rings. The van der Waals surface area contributed by atoms with Crippen molar-refractivity contribution < 1.29 is 23.9 Å². The number of thiazole rings is 1. The van der Waals surface area contributed by atoms with Gasteiger partial charge in [0.15, 0.2) is 0 Å². The lowest BCUT2D eigenvalue weighted by atomic mass is 9.84. The first-order valence-corrected chi connectivity index (χ1v) is 20.0. The molecule has 17 heteroatoms. The lowest BCUT2D eigenvalue weighted by molar-refractivity contribution is -0.155. The molecule has 4 aromatic heterocycles. The number of cyclic esters (lactones) is 1. The van der Waals surface area contributed by atoms with Gasteiger partial charge in [-0.2, -0.15) is 40.5 Å². The first kappa shape index (κ1) is 45.2. The van der Waals surface area contributed by atoms with Gasteiger partial charge in [-0.25, -0.2) is 15.4 Å². The van der Waals surface area contributed by atoms with Crippen LogP contribution in [0.15, 0.2) is 54.3 Å². The Morgan fingerprint density at radius 3 is 2.71 bits per heavy atom. The van der Waals surface area contributed by atoms with Gasteiger partial charge in [0.25, 0.3) is 5.91 Å². The van der Waals surface area contributed by atoms with Crippen LogP contribution in [0.4, 0.5) is 0 Å². The van der Waals surface area contributed by atoms with Crippen LogP contribution < -0.4 is 10.7 Å². The maximum absolute atomic E-state index is 14.2. The molecule has 0 aliphatic carbocycles. The molecule has 1 unspecified atom stereocenters. The molecule has 0 radical (unpaired) electrons. The summed E-state index contributed by atoms with van der Waals surface area (Å²) in [6.45, 7) is 10.2. The third kappa shape index (κ3) is 8.84. The molecular formula is C41H54N8O5S4. The van der Waals surface area contributed by atoms with Crippen LogP contribution in [0, 0.1) is 11.3 Å². The number of fused-ring (bicyclic) bond motifs is 7. The zero-order valence-electron chi connectivity index (χ0n) is 33.5. The highest BCUT2D eigenvalue weighted by atomic mass is 32.1. The number of amides is 2. The van der Waals surface area contributed by atoms with Crippen molar-refractivity contribution in [1.82, 2.24) is 39.8 Å². The minimum atomic E-state index is -0.891. The van der Waals surface area contributed by atoms with E-state index in [1.807, 2.05) is 29.1 Å². The summed E-state index contributed by atoms with van der Waals surface area (Å²) >= 11 is 1.47. The molecular weight excluding hydrogens is 813 g/mol. The fraction of sp³-hybridized carbons (Fsp3) is 0.463. The van der Waals surface area contributed by atoms with E-state index in [0.717, 1.165) is 62.1 Å². The van der Waals surface area contributed by atoms with Crippen molar-refractivity contribution in [3.8, 4) is 22.5 Å². The smallest absolute Gasteiger partial charge is 0.324 e. The molecule has 312 valence electrons. The highest BCUT2D eigenvalue weighted by Crippen LogP contribution is 2.42. The molecule has 8 rings (SSSR count). The van der Waals surface area contributed by atoms with Crippen LogP contribution in [0.2, 0.25) is 0 Å². The average Bonchev–Trinajstić information content (AvgIpc) is 3.99. The number of carbonyl (C=O) groups is 3. The van der Waals surface area contributed by atoms with E-state index in [4.69, 9.17) is 19.4 Å². The SMILES string of the molecule is CCn1c(-c2cccnc2[C@H](C)OC)c2c3cc(ccc31)-c1csc(n1)C[C@H](NC(=O)C1Cc3nccn3C1)C(=O)N1CCC[C@H](N1)C(=O)OCC(C)(C)C2.S.S.S. The van der Waals surface area contributed by atoms with Crippen LogP contribution in [0.25, 0.3) is 33.4 Å². The molecule has 13 nitrogen and oxygen atoms in total. The zero-order chi connectivity index (χ0) is 38.4. The number of imidazole rings is 1. The number of pyridine rings is 1. The van der Waals surface area contributed by atoms with Gasteiger partial charge in [0.2, 0.25) is 5.91 Å². The lowest BCUT2D eigenvalue weighted by Crippen LogP contribution is -2.60. The number of nitrogens with zero attached hydrogens (tertiary/aromatic N) is 6. The summed E-state index contributed by atoms with van der Waals surface area (Å²) in [5, 5.41) is 8.39. The van der Waals surface area contributed by atoms with E-state index in [0.29, 0.717) is 38.8 Å². The second-order valence-electron chi connectivity index (χ2n) is 15.7. The highest BCUT2D eigenvalue weighted by molar-refractivity contribution is 7.59. The van der Waals surface area contributed by atoms with Gasteiger partial charge in [-0.1, -0.05) is 19.9 Å². The number of carbonyl (C=O) groups excluding carboxylic acids is 3. The van der Waals surface area contributed by atoms with Crippen molar-refractivity contribution in [2.24, 2.45) is 11.3 Å². The number of rotatable bonds is 6. The maximum Gasteiger partial charge on any atom is 0.324 e. The number of esters is 1. The second-order valence-corrected chi connectivity index (χ2v) is 16.6. The molecule has 4 atom stereocenters. The van der Waals surface area contributed by atoms with Crippen LogP contribution in [-0.4, -0.2) is 79.2 Å². The first-order valence-electron chi connectivity index (χ1n) is 19.2. The molecule has 3 aliphatic rings. The van der Waals surface area contributed by atoms with E-state index in [2.05, 4.69) is 65.3 Å². The minimum Gasteiger partial charge on any atom is -0.464 e. The number of aromatic nitrogens is 5. The number of hydrogen-bond donors (Lipinski definition) is 2. The predicted molar refractivity (Wildman–Crippen MR) is 240 cm³/mol. The second kappa shape index (κ2) is 18.6. The van der Waals surface area contributed by atoms with Gasteiger partial charge in [-0.05, 0) is 62.9 Å². The van der Waals surface area contributed by atoms with Crippen LogP contribution in [0.3, 0.4) is 0 Å². The van der Waals surface area contributed by atoms with Crippen molar-refractivity contribution in [3.05, 3.63) is 76.4 Å². The van der Waals surface area contributed by atoms with E-state index in [9.17, 15) is 14.4 Å². The molecule has 0 spiro atoms. The Morgan fingerprint density at radius 1 is 1.14 bits per heavy atom. The summed E-state index contributed by atoms with van der Waals surface area (Å²) in [6.07, 6.45) is 7.66. The van der Waals surface area contributed by atoms with Gasteiger partial charge in [-0.15, -0.1) is 11.3 Å². The van der Waals surface area contributed by atoms with Crippen molar-refractivity contribution in [2.45, 2.75) is 91.1 Å². The Kier molecular flexibility index (Phi) is 14.5. The standard InChI is InChI=1S/C41H48N8O5S.3H2S/c1-6-48-33-12-11-25-17-28(33)29(37(48)27-9-7-13-43-36(27)24(2)53-5)20-41(3,4)23-54-40(52)30-10-8-15-49(46-30)39(51)31(19-35-44-32(25)22-55-35)45-38(50)26-18-34-42-14-16-47(34)21-26;;;/h7,9,11-14,16-17,22,24,26,30-31,46H,6,8,10,15,18-21,23H2,1-5H3,(H,45,50);3*1H2/t24-,26?,30-,31-;;;/m0.../s1. The summed E-state index contributed by atoms with van der Waals surface area (Å²) in [6, 6.07) is 8.94. The predicted octanol–water partition coefficient (Wildman–Crippen LogP) is 5.61. The Balaban J connectivity index is 0.00000214. The fourth-order valence-corrected chi connectivity index (χ4v) is 9.10. The van der Waals surface area contributed by atoms with Crippen LogP contribution >= 0.6 is 51.8 Å². The normalized spacial score (nSPS) is 20.8. The Hall–Kier alpha value is -3.87. The van der Waals surface area contributed by atoms with Gasteiger partial charge in [0, 0.05) is 91.0 Å². The molecule has 3 aliphatic heterocycles. The molecule has 2 amide bonds. The molecule has 1 fully saturated rings. The monoisotopic (exact) mass is 866 g/mol. The quantitative estimate of drug-likeness (QED) is 0.208. The van der Waals surface area contributed by atoms with Crippen LogP contribution in [0.1, 0.15) is 68.7 Å². The van der Waals surface area contributed by atoms with E-state index in [1.54, 1.807) is 19.5 Å². The van der Waals surface area contributed by atoms with Gasteiger partial charge in [0.1, 0.15) is 17.9 Å². The fourth-order valence-electron chi connectivity index (χ4n) is 8.25. The van der Waals surface area contributed by atoms with Crippen molar-refractivity contribution >= 4 is 80.5 Å². The van der Waals surface area contributed by atoms with Gasteiger partial charge in [-0.3, -0.25) is 24.4 Å². The van der Waals surface area contributed by atoms with Gasteiger partial charge in [0.05, 0.1) is 40.7 Å². The van der Waals surface area contributed by atoms with E-state index in [1.165, 1.54) is 16.3 Å². The molecule has 2 N–H and O–H groups in total. The first-order chi connectivity index (χ1) is 26.5. The van der Waals surface area contributed by atoms with Crippen molar-refractivity contribution in [1.29, 1.82) is 0 Å². The number of hydrazine groups is 1. The highest BCUT2D eigenvalue weighted by Gasteiger charge is 2.37. The average molecular weight is 867 g/mol. The Labute approximate surface area is 364 Å². The zero-order valence-corrected chi connectivity index (χ0v) is 37.3. The number of benzene rings is 1. The van der Waals surface area contributed by atoms with Crippen LogP contribution in [-0.2, 0) is 56.2 Å². The Bertz CT molecular complexity index is 2250. The number of aryl methyl sites for hydroxylation is 1. The molecule has 6 bridgehead atoms. The molecule has 7 heterocycles. The summed E-state index contributed by atoms with van der Waals surface area (Å²) < 4.78 is 16.2. The third-order valence-electron chi connectivity index (χ3n) is 11.2. The molecule has 1 saturated heterocycles. The number of nitrogens with one attached hydrogen (secondary N) is 2. The largest absolute Gasteiger partial charge is 0.464 e. The summed E-state index contributed by atoms with van der Waals surface area (Å²) in [5.74, 6) is -0.395. The summed E-state index contributed by atoms with van der Waals surface area (Å²) in [5.41, 5.74) is 9.60. The van der Waals surface area contributed by atoms with E-state index < -0.39 is 23.5 Å². The summed E-state index contributed by atoms with van der Waals surface area (Å²) in [4.78, 5) is 55.8. The lowest BCUT2D eigenvalue weighted by Gasteiger charge is -2.35. The number of hydrogen-bond acceptors (Lipinski definition) is 10. The topological polar surface area (TPSA) is 145 Å². The molecule has 58 heavy (non-hydrogen) atoms. The summed E-state index contributed by atoms with van der Waals surface area (Å²) in [7, 11) is 1.70. The van der Waals surface area contributed by atoms with E-state index >= 15 is 0 Å². The number of methoxy groups -OCH3 is 1. The van der Waals surface area contributed by atoms with Crippen LogP contribution in [0.5, 0.6) is 0 Å².